The fourth-order valence-electron chi connectivity index (χ4n) is 4.43. The Labute approximate surface area is 185 Å². The van der Waals surface area contributed by atoms with Crippen LogP contribution in [0, 0.1) is 0 Å². The average molecular weight is 433 g/mol. The summed E-state index contributed by atoms with van der Waals surface area (Å²) >= 11 is 1.76. The van der Waals surface area contributed by atoms with Crippen molar-refractivity contribution in [2.75, 3.05) is 18.5 Å². The van der Waals surface area contributed by atoms with E-state index in [0.29, 0.717) is 24.4 Å². The van der Waals surface area contributed by atoms with E-state index in [9.17, 15) is 9.59 Å². The van der Waals surface area contributed by atoms with Crippen molar-refractivity contribution in [2.45, 2.75) is 31.4 Å². The van der Waals surface area contributed by atoms with E-state index in [1.807, 2.05) is 41.3 Å². The van der Waals surface area contributed by atoms with Gasteiger partial charge in [0, 0.05) is 29.3 Å². The van der Waals surface area contributed by atoms with Crippen molar-refractivity contribution < 1.29 is 14.3 Å². The van der Waals surface area contributed by atoms with Crippen molar-refractivity contribution in [1.82, 2.24) is 4.90 Å². The normalized spacial score (nSPS) is 20.3. The lowest BCUT2D eigenvalue weighted by Crippen LogP contribution is -2.40. The van der Waals surface area contributed by atoms with Crippen LogP contribution >= 0.6 is 11.3 Å². The molecule has 2 aliphatic rings. The molecule has 0 saturated carbocycles. The first kappa shape index (κ1) is 20.0. The molecule has 1 aromatic heterocycles. The highest BCUT2D eigenvalue weighted by atomic mass is 32.1. The van der Waals surface area contributed by atoms with Crippen molar-refractivity contribution in [3.8, 4) is 0 Å². The molecule has 6 heteroatoms. The van der Waals surface area contributed by atoms with Crippen LogP contribution < -0.4 is 5.32 Å². The molecule has 5 rings (SSSR count). The van der Waals surface area contributed by atoms with Gasteiger partial charge in [0.25, 0.3) is 11.8 Å². The SMILES string of the molecule is O=C(Nc1cccc(C(=O)N2CCc3sccc3C2c2ccccc2)c1)C1CCCO1. The van der Waals surface area contributed by atoms with Gasteiger partial charge in [0.05, 0.1) is 6.04 Å². The molecule has 1 N–H and O–H groups in total. The van der Waals surface area contributed by atoms with E-state index in [0.717, 1.165) is 24.8 Å². The van der Waals surface area contributed by atoms with Gasteiger partial charge >= 0.3 is 0 Å². The number of carbonyl (C=O) groups excluding carboxylic acids is 2. The third-order valence-corrected chi connectivity index (χ3v) is 6.94. The summed E-state index contributed by atoms with van der Waals surface area (Å²) in [4.78, 5) is 29.3. The molecule has 0 radical (unpaired) electrons. The second kappa shape index (κ2) is 8.65. The number of ether oxygens (including phenoxy) is 1. The highest BCUT2D eigenvalue weighted by Gasteiger charge is 2.33. The Morgan fingerprint density at radius 3 is 2.74 bits per heavy atom. The Balaban J connectivity index is 1.42. The van der Waals surface area contributed by atoms with Crippen LogP contribution in [0.5, 0.6) is 0 Å². The molecule has 0 aliphatic carbocycles. The number of nitrogens with one attached hydrogen (secondary N) is 1. The molecule has 1 fully saturated rings. The molecule has 3 heterocycles. The second-order valence-corrected chi connectivity index (χ2v) is 8.93. The lowest BCUT2D eigenvalue weighted by atomic mass is 9.92. The van der Waals surface area contributed by atoms with E-state index in [-0.39, 0.29) is 17.9 Å². The summed E-state index contributed by atoms with van der Waals surface area (Å²) < 4.78 is 5.46. The van der Waals surface area contributed by atoms with Crippen LogP contribution in [0.4, 0.5) is 5.69 Å². The number of amides is 2. The van der Waals surface area contributed by atoms with Gasteiger partial charge < -0.3 is 15.0 Å². The molecule has 2 aromatic carbocycles. The number of thiophene rings is 1. The Bertz CT molecular complexity index is 1090. The van der Waals surface area contributed by atoms with Crippen LogP contribution in [0.1, 0.15) is 45.2 Å². The summed E-state index contributed by atoms with van der Waals surface area (Å²) in [6.45, 7) is 1.29. The maximum absolute atomic E-state index is 13.6. The average Bonchev–Trinajstić information content (AvgIpc) is 3.51. The minimum atomic E-state index is -0.402. The van der Waals surface area contributed by atoms with Crippen molar-refractivity contribution in [3.05, 3.63) is 87.6 Å². The van der Waals surface area contributed by atoms with E-state index in [1.165, 1.54) is 10.4 Å². The molecule has 0 spiro atoms. The van der Waals surface area contributed by atoms with Gasteiger partial charge in [-0.25, -0.2) is 0 Å². The monoisotopic (exact) mass is 432 g/mol. The van der Waals surface area contributed by atoms with Gasteiger partial charge in [-0.15, -0.1) is 11.3 Å². The molecule has 2 atom stereocenters. The number of hydrogen-bond donors (Lipinski definition) is 1. The van der Waals surface area contributed by atoms with E-state index in [2.05, 4.69) is 28.9 Å². The molecule has 158 valence electrons. The minimum Gasteiger partial charge on any atom is -0.368 e. The van der Waals surface area contributed by atoms with Crippen LogP contribution in [0.2, 0.25) is 0 Å². The number of nitrogens with zero attached hydrogens (tertiary/aromatic N) is 1. The van der Waals surface area contributed by atoms with E-state index >= 15 is 0 Å². The summed E-state index contributed by atoms with van der Waals surface area (Å²) in [5.74, 6) is -0.177. The van der Waals surface area contributed by atoms with E-state index in [1.54, 1.807) is 17.4 Å². The zero-order valence-corrected chi connectivity index (χ0v) is 17.9. The first-order valence-corrected chi connectivity index (χ1v) is 11.5. The highest BCUT2D eigenvalue weighted by Crippen LogP contribution is 2.38. The van der Waals surface area contributed by atoms with Gasteiger partial charge in [0.1, 0.15) is 6.10 Å². The lowest BCUT2D eigenvalue weighted by molar-refractivity contribution is -0.124. The third-order valence-electron chi connectivity index (χ3n) is 5.94. The Morgan fingerprint density at radius 1 is 1.06 bits per heavy atom. The van der Waals surface area contributed by atoms with Crippen LogP contribution in [0.15, 0.2) is 66.0 Å². The summed E-state index contributed by atoms with van der Waals surface area (Å²) in [6.07, 6.45) is 2.09. The molecule has 0 bridgehead atoms. The molecular weight excluding hydrogens is 408 g/mol. The first-order chi connectivity index (χ1) is 15.2. The van der Waals surface area contributed by atoms with Gasteiger partial charge in [-0.2, -0.15) is 0 Å². The van der Waals surface area contributed by atoms with Gasteiger partial charge in [0.2, 0.25) is 0 Å². The summed E-state index contributed by atoms with van der Waals surface area (Å²) in [7, 11) is 0. The number of benzene rings is 2. The van der Waals surface area contributed by atoms with Crippen molar-refractivity contribution in [2.24, 2.45) is 0 Å². The molecule has 1 saturated heterocycles. The molecule has 2 amide bonds. The van der Waals surface area contributed by atoms with Crippen LogP contribution in [-0.4, -0.2) is 36.0 Å². The van der Waals surface area contributed by atoms with Gasteiger partial charge in [-0.1, -0.05) is 36.4 Å². The predicted molar refractivity (Wildman–Crippen MR) is 121 cm³/mol. The van der Waals surface area contributed by atoms with Crippen molar-refractivity contribution in [3.63, 3.8) is 0 Å². The number of hydrogen-bond acceptors (Lipinski definition) is 4. The largest absolute Gasteiger partial charge is 0.368 e. The zero-order valence-electron chi connectivity index (χ0n) is 17.1. The maximum Gasteiger partial charge on any atom is 0.254 e. The van der Waals surface area contributed by atoms with Gasteiger partial charge in [0.15, 0.2) is 0 Å². The molecular formula is C25H24N2O3S. The van der Waals surface area contributed by atoms with Crippen molar-refractivity contribution >= 4 is 28.8 Å². The smallest absolute Gasteiger partial charge is 0.254 e. The molecule has 3 aromatic rings. The van der Waals surface area contributed by atoms with Crippen LogP contribution in [0.25, 0.3) is 0 Å². The first-order valence-electron chi connectivity index (χ1n) is 10.7. The standard InChI is InChI=1S/C25H24N2O3S/c28-24(21-10-5-14-30-21)26-19-9-4-8-18(16-19)25(29)27-13-11-22-20(12-15-31-22)23(27)17-6-2-1-3-7-17/h1-4,6-9,12,15-16,21,23H,5,10-11,13-14H2,(H,26,28). The Morgan fingerprint density at radius 2 is 1.94 bits per heavy atom. The summed E-state index contributed by atoms with van der Waals surface area (Å²) in [5.41, 5.74) is 3.51. The number of anilines is 1. The van der Waals surface area contributed by atoms with E-state index < -0.39 is 6.10 Å². The molecule has 2 unspecified atom stereocenters. The molecule has 5 nitrogen and oxygen atoms in total. The van der Waals surface area contributed by atoms with Gasteiger partial charge in [-0.05, 0) is 60.0 Å². The number of rotatable bonds is 4. The summed E-state index contributed by atoms with van der Waals surface area (Å²) in [6, 6.07) is 19.4. The Hall–Kier alpha value is -2.96. The minimum absolute atomic E-state index is 0.0288. The quantitative estimate of drug-likeness (QED) is 0.653. The van der Waals surface area contributed by atoms with E-state index in [4.69, 9.17) is 4.74 Å². The fraction of sp³-hybridized carbons (Fsp3) is 0.280. The molecule has 2 aliphatic heterocycles. The third kappa shape index (κ3) is 4.01. The lowest BCUT2D eigenvalue weighted by Gasteiger charge is -2.36. The maximum atomic E-state index is 13.6. The fourth-order valence-corrected chi connectivity index (χ4v) is 5.34. The zero-order chi connectivity index (χ0) is 21.2. The van der Waals surface area contributed by atoms with Crippen LogP contribution in [0.3, 0.4) is 0 Å². The van der Waals surface area contributed by atoms with Crippen molar-refractivity contribution in [1.29, 1.82) is 0 Å². The summed E-state index contributed by atoms with van der Waals surface area (Å²) in [5, 5.41) is 5.01. The predicted octanol–water partition coefficient (Wildman–Crippen LogP) is 4.65. The second-order valence-electron chi connectivity index (χ2n) is 7.93. The number of fused-ring (bicyclic) bond motifs is 1. The highest BCUT2D eigenvalue weighted by molar-refractivity contribution is 7.10. The van der Waals surface area contributed by atoms with Crippen LogP contribution in [-0.2, 0) is 16.0 Å². The Kier molecular flexibility index (Phi) is 5.57. The topological polar surface area (TPSA) is 58.6 Å². The number of carbonyl (C=O) groups is 2. The van der Waals surface area contributed by atoms with Gasteiger partial charge in [-0.3, -0.25) is 9.59 Å². The molecule has 31 heavy (non-hydrogen) atoms.